The van der Waals surface area contributed by atoms with Gasteiger partial charge in [-0.25, -0.2) is 9.67 Å². The first-order valence-electron chi connectivity index (χ1n) is 6.12. The van der Waals surface area contributed by atoms with Gasteiger partial charge in [-0.3, -0.25) is 0 Å². The van der Waals surface area contributed by atoms with Crippen molar-refractivity contribution in [3.8, 4) is 0 Å². The number of aromatic nitrogens is 3. The number of hydrogen-bond donors (Lipinski definition) is 1. The zero-order valence-electron chi connectivity index (χ0n) is 10.9. The predicted molar refractivity (Wildman–Crippen MR) is 81.3 cm³/mol. The summed E-state index contributed by atoms with van der Waals surface area (Å²) in [7, 11) is 0. The summed E-state index contributed by atoms with van der Waals surface area (Å²) in [6.07, 6.45) is 1.59. The smallest absolute Gasteiger partial charge is 0.146 e. The Balaban J connectivity index is 2.06. The van der Waals surface area contributed by atoms with E-state index in [0.717, 1.165) is 22.5 Å². The molecular weight excluding hydrogens is 328 g/mol. The van der Waals surface area contributed by atoms with E-state index in [-0.39, 0.29) is 0 Å². The van der Waals surface area contributed by atoms with Gasteiger partial charge in [-0.05, 0) is 34.0 Å². The van der Waals surface area contributed by atoms with Crippen LogP contribution in [0.5, 0.6) is 0 Å². The van der Waals surface area contributed by atoms with E-state index in [0.29, 0.717) is 17.5 Å². The summed E-state index contributed by atoms with van der Waals surface area (Å²) in [5.74, 6) is 1.46. The molecule has 0 aliphatic carbocycles. The fraction of sp³-hybridized carbons (Fsp3) is 0.385. The molecule has 1 heterocycles. The second kappa shape index (κ2) is 6.39. The Hall–Kier alpha value is -1.07. The van der Waals surface area contributed by atoms with Crippen molar-refractivity contribution in [3.05, 3.63) is 39.8 Å². The van der Waals surface area contributed by atoms with Gasteiger partial charge in [0, 0.05) is 6.54 Å². The van der Waals surface area contributed by atoms with Gasteiger partial charge in [0.15, 0.2) is 0 Å². The molecule has 0 aliphatic heterocycles. The van der Waals surface area contributed by atoms with Crippen LogP contribution in [0.25, 0.3) is 0 Å². The van der Waals surface area contributed by atoms with Crippen LogP contribution in [0, 0.1) is 5.92 Å². The van der Waals surface area contributed by atoms with Gasteiger partial charge in [-0.2, -0.15) is 5.10 Å². The minimum Gasteiger partial charge on any atom is -0.377 e. The van der Waals surface area contributed by atoms with Gasteiger partial charge in [0.25, 0.3) is 0 Å². The minimum atomic E-state index is 0.540. The van der Waals surface area contributed by atoms with Gasteiger partial charge < -0.3 is 5.32 Å². The molecule has 1 aromatic heterocycles. The molecule has 2 rings (SSSR count). The van der Waals surface area contributed by atoms with Crippen LogP contribution in [0.15, 0.2) is 29.0 Å². The molecule has 0 aliphatic rings. The van der Waals surface area contributed by atoms with E-state index >= 15 is 0 Å². The van der Waals surface area contributed by atoms with Gasteiger partial charge in [-0.1, -0.05) is 31.5 Å². The third kappa shape index (κ3) is 3.70. The zero-order chi connectivity index (χ0) is 13.8. The van der Waals surface area contributed by atoms with Crippen LogP contribution >= 0.6 is 27.5 Å². The van der Waals surface area contributed by atoms with Crippen molar-refractivity contribution in [3.63, 3.8) is 0 Å². The molecule has 0 atom stereocenters. The highest BCUT2D eigenvalue weighted by molar-refractivity contribution is 9.10. The average Bonchev–Trinajstić information content (AvgIpc) is 2.78. The molecule has 102 valence electrons. The highest BCUT2D eigenvalue weighted by Crippen LogP contribution is 2.30. The highest BCUT2D eigenvalue weighted by atomic mass is 79.9. The average molecular weight is 344 g/mol. The van der Waals surface area contributed by atoms with Crippen molar-refractivity contribution >= 4 is 33.2 Å². The molecule has 1 aromatic carbocycles. The van der Waals surface area contributed by atoms with E-state index in [1.54, 1.807) is 6.33 Å². The largest absolute Gasteiger partial charge is 0.377 e. The van der Waals surface area contributed by atoms with Gasteiger partial charge in [0.05, 0.1) is 21.7 Å². The van der Waals surface area contributed by atoms with Crippen LogP contribution in [0.1, 0.15) is 19.7 Å². The third-order valence-corrected chi connectivity index (χ3v) is 4.02. The Morgan fingerprint density at radius 2 is 2.21 bits per heavy atom. The number of halogens is 2. The second-order valence-electron chi connectivity index (χ2n) is 4.71. The number of nitrogens with zero attached hydrogens (tertiary/aromatic N) is 3. The quantitative estimate of drug-likeness (QED) is 0.893. The molecule has 0 saturated heterocycles. The molecule has 19 heavy (non-hydrogen) atoms. The van der Waals surface area contributed by atoms with Crippen molar-refractivity contribution in [1.82, 2.24) is 14.8 Å². The van der Waals surface area contributed by atoms with Crippen LogP contribution in [0.2, 0.25) is 5.02 Å². The summed E-state index contributed by atoms with van der Waals surface area (Å²) in [5, 5.41) is 8.24. The number of hydrogen-bond acceptors (Lipinski definition) is 3. The lowest BCUT2D eigenvalue weighted by molar-refractivity contribution is 0.468. The Morgan fingerprint density at radius 1 is 1.42 bits per heavy atom. The summed E-state index contributed by atoms with van der Waals surface area (Å²) in [6.45, 7) is 5.80. The molecular formula is C13H16BrClN4. The minimum absolute atomic E-state index is 0.540. The molecule has 6 heteroatoms. The monoisotopic (exact) mass is 342 g/mol. The molecule has 0 saturated carbocycles. The maximum absolute atomic E-state index is 6.05. The summed E-state index contributed by atoms with van der Waals surface area (Å²) >= 11 is 9.52. The molecule has 0 unspecified atom stereocenters. The van der Waals surface area contributed by atoms with Crippen LogP contribution in [0.3, 0.4) is 0 Å². The topological polar surface area (TPSA) is 42.7 Å². The number of rotatable bonds is 5. The van der Waals surface area contributed by atoms with E-state index in [1.807, 2.05) is 22.9 Å². The summed E-state index contributed by atoms with van der Waals surface area (Å²) in [6, 6.07) is 5.73. The number of anilines is 1. The van der Waals surface area contributed by atoms with Crippen molar-refractivity contribution < 1.29 is 0 Å². The molecule has 2 aromatic rings. The third-order valence-electron chi connectivity index (χ3n) is 2.62. The molecule has 0 spiro atoms. The maximum Gasteiger partial charge on any atom is 0.146 e. The van der Waals surface area contributed by atoms with E-state index in [1.165, 1.54) is 0 Å². The predicted octanol–water partition coefficient (Wildman–Crippen LogP) is 3.96. The van der Waals surface area contributed by atoms with E-state index in [2.05, 4.69) is 45.2 Å². The Bertz CT molecular complexity index is 553. The molecule has 4 nitrogen and oxygen atoms in total. The van der Waals surface area contributed by atoms with Crippen LogP contribution < -0.4 is 5.32 Å². The normalized spacial score (nSPS) is 11.0. The van der Waals surface area contributed by atoms with Crippen LogP contribution in [-0.4, -0.2) is 14.8 Å². The van der Waals surface area contributed by atoms with Crippen LogP contribution in [-0.2, 0) is 13.1 Å². The summed E-state index contributed by atoms with van der Waals surface area (Å²) in [4.78, 5) is 4.28. The lowest BCUT2D eigenvalue weighted by Gasteiger charge is -2.11. The molecule has 0 amide bonds. The fourth-order valence-electron chi connectivity index (χ4n) is 1.74. The second-order valence-corrected chi connectivity index (χ2v) is 5.91. The standard InChI is InChI=1S/C13H16BrClN4/c1-9(2)7-19-12(17-8-18-19)6-16-11-5-3-4-10(15)13(11)14/h3-5,8-9,16H,6-7H2,1-2H3. The Kier molecular flexibility index (Phi) is 4.82. The van der Waals surface area contributed by atoms with Crippen molar-refractivity contribution in [2.24, 2.45) is 5.92 Å². The lowest BCUT2D eigenvalue weighted by Crippen LogP contribution is -2.13. The van der Waals surface area contributed by atoms with Gasteiger partial charge in [0.1, 0.15) is 12.2 Å². The van der Waals surface area contributed by atoms with E-state index < -0.39 is 0 Å². The molecule has 0 radical (unpaired) electrons. The van der Waals surface area contributed by atoms with Gasteiger partial charge in [0.2, 0.25) is 0 Å². The summed E-state index contributed by atoms with van der Waals surface area (Å²) < 4.78 is 2.79. The number of nitrogens with one attached hydrogen (secondary N) is 1. The van der Waals surface area contributed by atoms with Gasteiger partial charge >= 0.3 is 0 Å². The van der Waals surface area contributed by atoms with Crippen molar-refractivity contribution in [2.75, 3.05) is 5.32 Å². The number of benzene rings is 1. The molecule has 0 bridgehead atoms. The maximum atomic E-state index is 6.05. The Labute approximate surface area is 126 Å². The first kappa shape index (κ1) is 14.3. The van der Waals surface area contributed by atoms with Crippen LogP contribution in [0.4, 0.5) is 5.69 Å². The first-order chi connectivity index (χ1) is 9.08. The molecule has 1 N–H and O–H groups in total. The zero-order valence-corrected chi connectivity index (χ0v) is 13.2. The van der Waals surface area contributed by atoms with Crippen molar-refractivity contribution in [2.45, 2.75) is 26.9 Å². The summed E-state index contributed by atoms with van der Waals surface area (Å²) in [5.41, 5.74) is 0.951. The van der Waals surface area contributed by atoms with E-state index in [4.69, 9.17) is 11.6 Å². The van der Waals surface area contributed by atoms with Crippen molar-refractivity contribution in [1.29, 1.82) is 0 Å². The SMILES string of the molecule is CC(C)Cn1ncnc1CNc1cccc(Cl)c1Br. The first-order valence-corrected chi connectivity index (χ1v) is 7.29. The Morgan fingerprint density at radius 3 is 2.95 bits per heavy atom. The molecule has 0 fully saturated rings. The highest BCUT2D eigenvalue weighted by Gasteiger charge is 2.08. The fourth-order valence-corrected chi connectivity index (χ4v) is 2.32. The lowest BCUT2D eigenvalue weighted by atomic mass is 10.2. The van der Waals surface area contributed by atoms with E-state index in [9.17, 15) is 0 Å². The van der Waals surface area contributed by atoms with Gasteiger partial charge in [-0.15, -0.1) is 0 Å².